The summed E-state index contributed by atoms with van der Waals surface area (Å²) in [7, 11) is 0. The molecule has 3 aromatic rings. The Labute approximate surface area is 184 Å². The number of thiazole rings is 1. The van der Waals surface area contributed by atoms with E-state index in [1.54, 1.807) is 23.1 Å². The van der Waals surface area contributed by atoms with Crippen LogP contribution in [0.2, 0.25) is 5.02 Å². The van der Waals surface area contributed by atoms with E-state index in [-0.39, 0.29) is 5.91 Å². The summed E-state index contributed by atoms with van der Waals surface area (Å²) in [4.78, 5) is 22.8. The van der Waals surface area contributed by atoms with Crippen molar-refractivity contribution in [2.75, 3.05) is 36.8 Å². The molecule has 1 aromatic heterocycles. The third-order valence-electron chi connectivity index (χ3n) is 5.15. The van der Waals surface area contributed by atoms with Crippen molar-refractivity contribution in [3.63, 3.8) is 0 Å². The Morgan fingerprint density at radius 3 is 2.62 bits per heavy atom. The molecule has 1 saturated heterocycles. The van der Waals surface area contributed by atoms with Crippen molar-refractivity contribution in [3.8, 4) is 0 Å². The largest absolute Gasteiger partial charge is 0.345 e. The van der Waals surface area contributed by atoms with Crippen LogP contribution < -0.4 is 4.90 Å². The molecule has 7 heteroatoms. The van der Waals surface area contributed by atoms with Gasteiger partial charge in [0, 0.05) is 48.3 Å². The number of aryl methyl sites for hydroxylation is 1. The fourth-order valence-corrected chi connectivity index (χ4v) is 5.45. The summed E-state index contributed by atoms with van der Waals surface area (Å²) in [6.45, 7) is 5.39. The van der Waals surface area contributed by atoms with Crippen LogP contribution in [0.3, 0.4) is 0 Å². The summed E-state index contributed by atoms with van der Waals surface area (Å²) in [5.41, 5.74) is 2.42. The van der Waals surface area contributed by atoms with Crippen molar-refractivity contribution in [2.24, 2.45) is 0 Å². The summed E-state index contributed by atoms with van der Waals surface area (Å²) in [6, 6.07) is 14.3. The normalized spacial score (nSPS) is 14.6. The monoisotopic (exact) mass is 445 g/mol. The van der Waals surface area contributed by atoms with Crippen molar-refractivity contribution in [2.45, 2.75) is 24.7 Å². The van der Waals surface area contributed by atoms with Crippen LogP contribution in [0.4, 0.5) is 5.13 Å². The second-order valence-electron chi connectivity index (χ2n) is 7.07. The summed E-state index contributed by atoms with van der Waals surface area (Å²) >= 11 is 9.37. The first kappa shape index (κ1) is 20.5. The molecule has 0 saturated carbocycles. The highest BCUT2D eigenvalue weighted by Crippen LogP contribution is 2.30. The third-order valence-corrected chi connectivity index (χ3v) is 7.50. The molecule has 0 unspecified atom stereocenters. The fourth-order valence-electron chi connectivity index (χ4n) is 3.40. The molecule has 2 aromatic carbocycles. The topological polar surface area (TPSA) is 36.4 Å². The van der Waals surface area contributed by atoms with Gasteiger partial charge >= 0.3 is 0 Å². The van der Waals surface area contributed by atoms with Crippen molar-refractivity contribution in [1.82, 2.24) is 9.88 Å². The first-order valence-corrected chi connectivity index (χ1v) is 12.1. The molecule has 4 rings (SSSR count). The maximum absolute atomic E-state index is 12.6. The Morgan fingerprint density at radius 1 is 1.14 bits per heavy atom. The quantitative estimate of drug-likeness (QED) is 0.479. The summed E-state index contributed by atoms with van der Waals surface area (Å²) < 4.78 is 1.25. The molecule has 0 spiro atoms. The van der Waals surface area contributed by atoms with Crippen LogP contribution >= 0.6 is 34.7 Å². The van der Waals surface area contributed by atoms with Crippen LogP contribution in [0.15, 0.2) is 47.4 Å². The van der Waals surface area contributed by atoms with E-state index in [1.807, 2.05) is 29.2 Å². The smallest absolute Gasteiger partial charge is 0.223 e. The molecule has 0 aliphatic carbocycles. The van der Waals surface area contributed by atoms with Gasteiger partial charge in [0.05, 0.1) is 10.2 Å². The highest BCUT2D eigenvalue weighted by atomic mass is 35.5. The summed E-state index contributed by atoms with van der Waals surface area (Å²) in [5, 5.41) is 1.81. The molecule has 0 N–H and O–H groups in total. The number of benzene rings is 2. The molecule has 29 heavy (non-hydrogen) atoms. The molecule has 4 nitrogen and oxygen atoms in total. The van der Waals surface area contributed by atoms with E-state index in [0.717, 1.165) is 58.9 Å². The van der Waals surface area contributed by atoms with Gasteiger partial charge in [-0.05, 0) is 48.4 Å². The van der Waals surface area contributed by atoms with E-state index in [0.29, 0.717) is 6.42 Å². The molecular weight excluding hydrogens is 422 g/mol. The second-order valence-corrected chi connectivity index (χ2v) is 9.69. The van der Waals surface area contributed by atoms with Gasteiger partial charge in [-0.25, -0.2) is 4.98 Å². The minimum Gasteiger partial charge on any atom is -0.345 e. The molecule has 152 valence electrons. The van der Waals surface area contributed by atoms with Gasteiger partial charge < -0.3 is 9.80 Å². The zero-order valence-electron chi connectivity index (χ0n) is 16.4. The number of carbonyl (C=O) groups excluding carboxylic acids is 1. The maximum atomic E-state index is 12.6. The predicted octanol–water partition coefficient (Wildman–Crippen LogP) is 5.34. The Morgan fingerprint density at radius 2 is 1.90 bits per heavy atom. The minimum atomic E-state index is 0.239. The number of nitrogens with zero attached hydrogens (tertiary/aromatic N) is 3. The number of carbonyl (C=O) groups is 1. The van der Waals surface area contributed by atoms with Crippen LogP contribution in [0, 0.1) is 0 Å². The lowest BCUT2D eigenvalue weighted by Crippen LogP contribution is -2.48. The Balaban J connectivity index is 1.27. The van der Waals surface area contributed by atoms with Crippen LogP contribution in [0.5, 0.6) is 0 Å². The zero-order chi connectivity index (χ0) is 20.2. The molecule has 0 atom stereocenters. The highest BCUT2D eigenvalue weighted by molar-refractivity contribution is 7.99. The first-order valence-electron chi connectivity index (χ1n) is 9.93. The van der Waals surface area contributed by atoms with Crippen LogP contribution in [-0.2, 0) is 11.2 Å². The lowest BCUT2D eigenvalue weighted by molar-refractivity contribution is -0.131. The molecule has 0 radical (unpaired) electrons. The van der Waals surface area contributed by atoms with Crippen molar-refractivity contribution in [3.05, 3.63) is 53.1 Å². The van der Waals surface area contributed by atoms with Gasteiger partial charge in [0.15, 0.2) is 5.13 Å². The third kappa shape index (κ3) is 5.05. The minimum absolute atomic E-state index is 0.239. The van der Waals surface area contributed by atoms with E-state index in [2.05, 4.69) is 30.0 Å². The number of amides is 1. The summed E-state index contributed by atoms with van der Waals surface area (Å²) in [5.74, 6) is 1.03. The molecule has 1 aliphatic rings. The van der Waals surface area contributed by atoms with Crippen LogP contribution in [-0.4, -0.2) is 47.7 Å². The first-order chi connectivity index (χ1) is 14.1. The van der Waals surface area contributed by atoms with Gasteiger partial charge in [-0.3, -0.25) is 4.79 Å². The van der Waals surface area contributed by atoms with Gasteiger partial charge in [-0.1, -0.05) is 35.9 Å². The molecule has 1 aliphatic heterocycles. The molecular formula is C22H24ClN3OS2. The predicted molar refractivity (Wildman–Crippen MR) is 125 cm³/mol. The average Bonchev–Trinajstić information content (AvgIpc) is 3.18. The average molecular weight is 446 g/mol. The number of anilines is 1. The Bertz CT molecular complexity index is 981. The van der Waals surface area contributed by atoms with Gasteiger partial charge in [0.25, 0.3) is 0 Å². The number of fused-ring (bicyclic) bond motifs is 1. The lowest BCUT2D eigenvalue weighted by atomic mass is 10.2. The number of rotatable bonds is 6. The van der Waals surface area contributed by atoms with Gasteiger partial charge in [0.1, 0.15) is 0 Å². The van der Waals surface area contributed by atoms with Gasteiger partial charge in [-0.15, -0.1) is 11.8 Å². The maximum Gasteiger partial charge on any atom is 0.223 e. The second kappa shape index (κ2) is 9.37. The molecule has 2 heterocycles. The standard InChI is InChI=1S/C22H24ClN3OS2/c1-2-16-3-8-19-20(15-16)29-22(24-19)26-12-10-25(11-13-26)21(27)9-14-28-18-6-4-17(23)5-7-18/h3-8,15H,2,9-14H2,1H3. The number of hydrogen-bond acceptors (Lipinski definition) is 5. The highest BCUT2D eigenvalue weighted by Gasteiger charge is 2.23. The molecule has 1 fully saturated rings. The number of piperazine rings is 1. The fraction of sp³-hybridized carbons (Fsp3) is 0.364. The van der Waals surface area contributed by atoms with Crippen molar-refractivity contribution >= 4 is 56.0 Å². The van der Waals surface area contributed by atoms with Gasteiger partial charge in [-0.2, -0.15) is 0 Å². The number of thioether (sulfide) groups is 1. The van der Waals surface area contributed by atoms with E-state index < -0.39 is 0 Å². The Kier molecular flexibility index (Phi) is 6.63. The van der Waals surface area contributed by atoms with Crippen molar-refractivity contribution in [1.29, 1.82) is 0 Å². The zero-order valence-corrected chi connectivity index (χ0v) is 18.8. The van der Waals surface area contributed by atoms with Crippen LogP contribution in [0.1, 0.15) is 18.9 Å². The Hall–Kier alpha value is -1.76. The van der Waals surface area contributed by atoms with Crippen LogP contribution in [0.25, 0.3) is 10.2 Å². The molecule has 0 bridgehead atoms. The van der Waals surface area contributed by atoms with E-state index in [1.165, 1.54) is 10.3 Å². The number of halogens is 1. The van der Waals surface area contributed by atoms with Crippen molar-refractivity contribution < 1.29 is 4.79 Å². The SMILES string of the molecule is CCc1ccc2nc(N3CCN(C(=O)CCSc4ccc(Cl)cc4)CC3)sc2c1. The molecule has 1 amide bonds. The van der Waals surface area contributed by atoms with E-state index in [4.69, 9.17) is 16.6 Å². The lowest BCUT2D eigenvalue weighted by Gasteiger charge is -2.34. The summed E-state index contributed by atoms with van der Waals surface area (Å²) in [6.07, 6.45) is 1.61. The van der Waals surface area contributed by atoms with E-state index >= 15 is 0 Å². The number of aromatic nitrogens is 1. The van der Waals surface area contributed by atoms with E-state index in [9.17, 15) is 4.79 Å². The van der Waals surface area contributed by atoms with Gasteiger partial charge in [0.2, 0.25) is 5.91 Å². The number of hydrogen-bond donors (Lipinski definition) is 0.